The summed E-state index contributed by atoms with van der Waals surface area (Å²) in [4.78, 5) is 26.4. The van der Waals surface area contributed by atoms with Crippen molar-refractivity contribution in [3.63, 3.8) is 0 Å². The lowest BCUT2D eigenvalue weighted by Crippen LogP contribution is -2.43. The molecule has 33 heavy (non-hydrogen) atoms. The van der Waals surface area contributed by atoms with Gasteiger partial charge in [-0.15, -0.1) is 0 Å². The minimum absolute atomic E-state index is 0.375. The third-order valence-corrected chi connectivity index (χ3v) is 6.29. The van der Waals surface area contributed by atoms with Crippen molar-refractivity contribution in [3.05, 3.63) is 64.6 Å². The highest BCUT2D eigenvalue weighted by Gasteiger charge is 2.21. The summed E-state index contributed by atoms with van der Waals surface area (Å²) in [6.07, 6.45) is 8.61. The van der Waals surface area contributed by atoms with Crippen LogP contribution in [-0.4, -0.2) is 47.8 Å². The summed E-state index contributed by atoms with van der Waals surface area (Å²) in [5, 5.41) is 6.32. The first kappa shape index (κ1) is 22.9. The average Bonchev–Trinajstić information content (AvgIpc) is 3.46. The summed E-state index contributed by atoms with van der Waals surface area (Å²) in [6, 6.07) is 5.93. The molecular formula is C24H28ClN5O3. The number of alkyl carbamates (subject to hydrolysis) is 1. The molecule has 4 N–H and O–H groups in total. The lowest BCUT2D eigenvalue weighted by atomic mass is 10.0. The number of halogens is 1. The molecule has 2 aromatic rings. The number of methoxy groups -OCH3 is 1. The molecule has 3 heterocycles. The van der Waals surface area contributed by atoms with E-state index in [4.69, 9.17) is 17.3 Å². The molecule has 1 unspecified atom stereocenters. The van der Waals surface area contributed by atoms with Crippen LogP contribution in [0.2, 0.25) is 5.02 Å². The number of aromatic nitrogens is 1. The number of hydrogen-bond acceptors (Lipinski definition) is 5. The lowest BCUT2D eigenvalue weighted by Gasteiger charge is -2.23. The van der Waals surface area contributed by atoms with E-state index >= 15 is 0 Å². The smallest absolute Gasteiger partial charge is 0.408 e. The number of dihydropyridines is 1. The van der Waals surface area contributed by atoms with Crippen LogP contribution in [0.3, 0.4) is 0 Å². The number of nitrogens with one attached hydrogen (secondary N) is 2. The van der Waals surface area contributed by atoms with Gasteiger partial charge in [-0.05, 0) is 62.2 Å². The number of hydrogen-bond donors (Lipinski definition) is 3. The van der Waals surface area contributed by atoms with Gasteiger partial charge in [-0.3, -0.25) is 15.0 Å². The van der Waals surface area contributed by atoms with E-state index in [0.717, 1.165) is 42.0 Å². The first-order chi connectivity index (χ1) is 15.9. The molecule has 1 aromatic heterocycles. The summed E-state index contributed by atoms with van der Waals surface area (Å²) < 4.78 is 6.51. The van der Waals surface area contributed by atoms with Crippen LogP contribution in [0, 0.1) is 0 Å². The van der Waals surface area contributed by atoms with Gasteiger partial charge < -0.3 is 20.4 Å². The van der Waals surface area contributed by atoms with E-state index in [1.807, 2.05) is 42.0 Å². The Kier molecular flexibility index (Phi) is 6.76. The predicted molar refractivity (Wildman–Crippen MR) is 128 cm³/mol. The van der Waals surface area contributed by atoms with Crippen molar-refractivity contribution in [1.82, 2.24) is 20.1 Å². The summed E-state index contributed by atoms with van der Waals surface area (Å²) in [7, 11) is 1.31. The van der Waals surface area contributed by atoms with Gasteiger partial charge >= 0.3 is 6.09 Å². The van der Waals surface area contributed by atoms with E-state index in [9.17, 15) is 9.59 Å². The Labute approximate surface area is 198 Å². The van der Waals surface area contributed by atoms with Gasteiger partial charge in [0, 0.05) is 47.0 Å². The fourth-order valence-electron chi connectivity index (χ4n) is 4.27. The molecule has 174 valence electrons. The van der Waals surface area contributed by atoms with Crippen molar-refractivity contribution in [1.29, 1.82) is 0 Å². The molecular weight excluding hydrogens is 442 g/mol. The number of carbonyl (C=O) groups is 2. The van der Waals surface area contributed by atoms with Gasteiger partial charge in [0.1, 0.15) is 6.17 Å². The molecule has 0 aliphatic carbocycles. The highest BCUT2D eigenvalue weighted by Crippen LogP contribution is 2.34. The van der Waals surface area contributed by atoms with E-state index in [1.165, 1.54) is 20.0 Å². The molecule has 2 aliphatic heterocycles. The number of nitrogens with zero attached hydrogens (tertiary/aromatic N) is 2. The molecule has 0 radical (unpaired) electrons. The Hall–Kier alpha value is -3.23. The standard InChI is InChI=1S/C24H28ClN5O3/c1-15-11-27-22(28-24(32)33-2)10-21(15)30-13-18(19(14-30)23(26)31)17-9-16(5-6-20(17)25)12-29-7-3-4-8-29/h5-6,9-11,13-14,22,27H,3-4,7-8,12H2,1-2H3,(H2,26,31)(H,28,32). The second kappa shape index (κ2) is 9.72. The number of nitrogens with two attached hydrogens (primary N) is 1. The van der Waals surface area contributed by atoms with E-state index < -0.39 is 18.2 Å². The first-order valence-electron chi connectivity index (χ1n) is 10.9. The zero-order valence-electron chi connectivity index (χ0n) is 18.7. The summed E-state index contributed by atoms with van der Waals surface area (Å²) in [5.74, 6) is -0.537. The van der Waals surface area contributed by atoms with Crippen LogP contribution in [0.5, 0.6) is 0 Å². The topological polar surface area (TPSA) is 102 Å². The van der Waals surface area contributed by atoms with Crippen LogP contribution in [-0.2, 0) is 11.3 Å². The number of amides is 2. The van der Waals surface area contributed by atoms with Crippen molar-refractivity contribution in [3.8, 4) is 11.1 Å². The van der Waals surface area contributed by atoms with Gasteiger partial charge in [0.2, 0.25) is 0 Å². The molecule has 0 bridgehead atoms. The Balaban J connectivity index is 1.71. The predicted octanol–water partition coefficient (Wildman–Crippen LogP) is 3.53. The molecule has 8 nitrogen and oxygen atoms in total. The van der Waals surface area contributed by atoms with E-state index in [2.05, 4.69) is 20.3 Å². The van der Waals surface area contributed by atoms with Gasteiger partial charge in [0.05, 0.1) is 12.7 Å². The van der Waals surface area contributed by atoms with E-state index in [-0.39, 0.29) is 0 Å². The molecule has 0 saturated carbocycles. The lowest BCUT2D eigenvalue weighted by molar-refractivity contribution is 0.100. The monoisotopic (exact) mass is 469 g/mol. The van der Waals surface area contributed by atoms with Crippen molar-refractivity contribution < 1.29 is 14.3 Å². The molecule has 1 saturated heterocycles. The number of allylic oxidation sites excluding steroid dienone is 2. The minimum atomic E-state index is -0.552. The van der Waals surface area contributed by atoms with Crippen molar-refractivity contribution in [2.24, 2.45) is 5.73 Å². The fraction of sp³-hybridized carbons (Fsp3) is 0.333. The quantitative estimate of drug-likeness (QED) is 0.600. The van der Waals surface area contributed by atoms with Gasteiger partial charge in [-0.2, -0.15) is 0 Å². The van der Waals surface area contributed by atoms with Crippen LogP contribution in [0.25, 0.3) is 16.8 Å². The molecule has 1 aromatic carbocycles. The molecule has 1 atom stereocenters. The highest BCUT2D eigenvalue weighted by molar-refractivity contribution is 6.33. The Morgan fingerprint density at radius 1 is 1.24 bits per heavy atom. The highest BCUT2D eigenvalue weighted by atomic mass is 35.5. The number of benzene rings is 1. The molecule has 2 aliphatic rings. The van der Waals surface area contributed by atoms with Gasteiger partial charge in [-0.25, -0.2) is 4.79 Å². The first-order valence-corrected chi connectivity index (χ1v) is 11.3. The zero-order valence-corrected chi connectivity index (χ0v) is 19.5. The van der Waals surface area contributed by atoms with E-state index in [1.54, 1.807) is 12.4 Å². The van der Waals surface area contributed by atoms with Crippen LogP contribution < -0.4 is 16.4 Å². The third kappa shape index (κ3) is 5.07. The molecule has 0 spiro atoms. The maximum absolute atomic E-state index is 12.3. The van der Waals surface area contributed by atoms with E-state index in [0.29, 0.717) is 16.1 Å². The fourth-order valence-corrected chi connectivity index (χ4v) is 4.49. The second-order valence-corrected chi connectivity index (χ2v) is 8.72. The van der Waals surface area contributed by atoms with Crippen molar-refractivity contribution in [2.75, 3.05) is 20.2 Å². The third-order valence-electron chi connectivity index (χ3n) is 5.96. The van der Waals surface area contributed by atoms with Gasteiger partial charge in [0.25, 0.3) is 5.91 Å². The zero-order chi connectivity index (χ0) is 23.5. The second-order valence-electron chi connectivity index (χ2n) is 8.31. The average molecular weight is 470 g/mol. The van der Waals surface area contributed by atoms with Crippen molar-refractivity contribution >= 4 is 29.3 Å². The normalized spacial score (nSPS) is 18.3. The van der Waals surface area contributed by atoms with Crippen molar-refractivity contribution in [2.45, 2.75) is 32.5 Å². The Morgan fingerprint density at radius 2 is 2.00 bits per heavy atom. The summed E-state index contributed by atoms with van der Waals surface area (Å²) in [6.45, 7) is 4.96. The minimum Gasteiger partial charge on any atom is -0.453 e. The maximum Gasteiger partial charge on any atom is 0.408 e. The maximum atomic E-state index is 12.3. The van der Waals surface area contributed by atoms with Gasteiger partial charge in [-0.1, -0.05) is 17.7 Å². The van der Waals surface area contributed by atoms with Crippen LogP contribution in [0.1, 0.15) is 35.7 Å². The summed E-state index contributed by atoms with van der Waals surface area (Å²) in [5.41, 5.74) is 10.4. The molecule has 9 heteroatoms. The molecule has 2 amide bonds. The number of primary amides is 1. The summed E-state index contributed by atoms with van der Waals surface area (Å²) >= 11 is 6.57. The number of likely N-dealkylation sites (tertiary alicyclic amines) is 1. The van der Waals surface area contributed by atoms with Crippen LogP contribution in [0.4, 0.5) is 4.79 Å². The molecule has 1 fully saturated rings. The largest absolute Gasteiger partial charge is 0.453 e. The number of ether oxygens (including phenoxy) is 1. The van der Waals surface area contributed by atoms with Crippen LogP contribution in [0.15, 0.2) is 48.4 Å². The SMILES string of the molecule is COC(=O)NC1C=C(n2cc(C(N)=O)c(-c3cc(CN4CCCC4)ccc3Cl)c2)C(C)=CN1. The molecule has 4 rings (SSSR count). The Bertz CT molecular complexity index is 1130. The van der Waals surface area contributed by atoms with Gasteiger partial charge in [0.15, 0.2) is 0 Å². The number of carbonyl (C=O) groups excluding carboxylic acids is 2. The Morgan fingerprint density at radius 3 is 2.70 bits per heavy atom. The van der Waals surface area contributed by atoms with Crippen LogP contribution >= 0.6 is 11.6 Å². The number of rotatable bonds is 6.